The topological polar surface area (TPSA) is 70.2 Å². The molecule has 0 radical (unpaired) electrons. The van der Waals surface area contributed by atoms with Crippen molar-refractivity contribution in [3.63, 3.8) is 0 Å². The molecule has 0 amide bonds. The van der Waals surface area contributed by atoms with Crippen LogP contribution in [0.25, 0.3) is 0 Å². The summed E-state index contributed by atoms with van der Waals surface area (Å²) in [5, 5.41) is 3.50. The summed E-state index contributed by atoms with van der Waals surface area (Å²) in [6, 6.07) is 1.11. The van der Waals surface area contributed by atoms with E-state index in [1.165, 1.54) is 12.8 Å². The first-order valence-corrected chi connectivity index (χ1v) is 7.96. The van der Waals surface area contributed by atoms with Gasteiger partial charge in [0.2, 0.25) is 0 Å². The summed E-state index contributed by atoms with van der Waals surface area (Å²) >= 11 is 0. The molecule has 2 rings (SSSR count). The van der Waals surface area contributed by atoms with Crippen LogP contribution in [-0.4, -0.2) is 33.1 Å². The lowest BCUT2D eigenvalue weighted by molar-refractivity contribution is 0.344. The van der Waals surface area contributed by atoms with Crippen LogP contribution in [0, 0.1) is 5.92 Å². The van der Waals surface area contributed by atoms with Crippen molar-refractivity contribution < 1.29 is 8.42 Å². The van der Waals surface area contributed by atoms with E-state index < -0.39 is 10.2 Å². The van der Waals surface area contributed by atoms with E-state index in [1.807, 2.05) is 13.8 Å². The summed E-state index contributed by atoms with van der Waals surface area (Å²) in [4.78, 5) is 0. The zero-order chi connectivity index (χ0) is 12.5. The minimum atomic E-state index is -3.32. The van der Waals surface area contributed by atoms with Crippen molar-refractivity contribution in [3.8, 4) is 0 Å². The summed E-state index contributed by atoms with van der Waals surface area (Å²) < 4.78 is 29.0. The van der Waals surface area contributed by atoms with Crippen LogP contribution in [0.2, 0.25) is 0 Å². The van der Waals surface area contributed by atoms with E-state index >= 15 is 0 Å². The van der Waals surface area contributed by atoms with Crippen LogP contribution in [0.4, 0.5) is 0 Å². The molecule has 6 heteroatoms. The third-order valence-corrected chi connectivity index (χ3v) is 4.67. The molecular formula is C11H23N3O2S. The molecule has 0 aromatic heterocycles. The lowest BCUT2D eigenvalue weighted by atomic mass is 10.0. The Hall–Kier alpha value is -0.170. The van der Waals surface area contributed by atoms with Gasteiger partial charge in [-0.1, -0.05) is 13.8 Å². The summed E-state index contributed by atoms with van der Waals surface area (Å²) in [5.74, 6) is 0.329. The first-order chi connectivity index (χ1) is 7.94. The Bertz CT molecular complexity index is 344. The minimum absolute atomic E-state index is 0.0958. The van der Waals surface area contributed by atoms with Crippen LogP contribution in [0.15, 0.2) is 0 Å². The molecule has 100 valence electrons. The number of hydrogen-bond donors (Lipinski definition) is 3. The molecule has 0 saturated carbocycles. The number of hydrogen-bond acceptors (Lipinski definition) is 3. The number of fused-ring (bicyclic) bond motifs is 2. The predicted octanol–water partition coefficient (Wildman–Crippen LogP) is 0.349. The molecule has 2 saturated heterocycles. The largest absolute Gasteiger partial charge is 0.311 e. The Morgan fingerprint density at radius 2 is 1.82 bits per heavy atom. The smallest absolute Gasteiger partial charge is 0.277 e. The second-order valence-electron chi connectivity index (χ2n) is 5.67. The Balaban J connectivity index is 1.83. The highest BCUT2D eigenvalue weighted by Gasteiger charge is 2.34. The molecule has 3 N–H and O–H groups in total. The molecule has 2 atom stereocenters. The van der Waals surface area contributed by atoms with Gasteiger partial charge in [-0.15, -0.1) is 0 Å². The van der Waals surface area contributed by atoms with Gasteiger partial charge in [-0.25, -0.2) is 4.72 Å². The van der Waals surface area contributed by atoms with Crippen molar-refractivity contribution in [1.82, 2.24) is 14.8 Å². The van der Waals surface area contributed by atoms with Crippen LogP contribution in [0.1, 0.15) is 39.5 Å². The zero-order valence-electron chi connectivity index (χ0n) is 10.6. The average molecular weight is 261 g/mol. The van der Waals surface area contributed by atoms with E-state index in [9.17, 15) is 8.42 Å². The van der Waals surface area contributed by atoms with Crippen LogP contribution in [0.3, 0.4) is 0 Å². The fraction of sp³-hybridized carbons (Fsp3) is 1.00. The monoisotopic (exact) mass is 261 g/mol. The average Bonchev–Trinajstić information content (AvgIpc) is 2.55. The molecule has 2 fully saturated rings. The van der Waals surface area contributed by atoms with E-state index in [1.54, 1.807) is 0 Å². The molecule has 2 aliphatic heterocycles. The molecule has 0 aromatic rings. The first-order valence-electron chi connectivity index (χ1n) is 6.47. The van der Waals surface area contributed by atoms with Crippen LogP contribution < -0.4 is 14.8 Å². The summed E-state index contributed by atoms with van der Waals surface area (Å²) in [6.07, 6.45) is 4.20. The summed E-state index contributed by atoms with van der Waals surface area (Å²) in [7, 11) is -3.32. The van der Waals surface area contributed by atoms with E-state index in [4.69, 9.17) is 0 Å². The maximum atomic E-state index is 11.8. The van der Waals surface area contributed by atoms with Gasteiger partial charge >= 0.3 is 0 Å². The van der Waals surface area contributed by atoms with Crippen molar-refractivity contribution in [1.29, 1.82) is 0 Å². The van der Waals surface area contributed by atoms with Gasteiger partial charge in [0.25, 0.3) is 10.2 Å². The highest BCUT2D eigenvalue weighted by molar-refractivity contribution is 7.87. The van der Waals surface area contributed by atoms with Gasteiger partial charge in [0.15, 0.2) is 0 Å². The van der Waals surface area contributed by atoms with Crippen molar-refractivity contribution in [2.24, 2.45) is 5.92 Å². The summed E-state index contributed by atoms with van der Waals surface area (Å²) in [6.45, 7) is 4.48. The second kappa shape index (κ2) is 5.22. The molecule has 2 unspecified atom stereocenters. The van der Waals surface area contributed by atoms with E-state index in [-0.39, 0.29) is 6.04 Å². The Morgan fingerprint density at radius 3 is 2.35 bits per heavy atom. The molecule has 5 nitrogen and oxygen atoms in total. The van der Waals surface area contributed by atoms with Crippen LogP contribution >= 0.6 is 0 Å². The third-order valence-electron chi connectivity index (χ3n) is 3.48. The van der Waals surface area contributed by atoms with Gasteiger partial charge < -0.3 is 5.32 Å². The molecule has 2 heterocycles. The highest BCUT2D eigenvalue weighted by atomic mass is 32.2. The van der Waals surface area contributed by atoms with E-state index in [0.717, 1.165) is 12.8 Å². The normalized spacial score (nSPS) is 33.2. The van der Waals surface area contributed by atoms with Gasteiger partial charge in [0.05, 0.1) is 0 Å². The van der Waals surface area contributed by atoms with Gasteiger partial charge in [-0.2, -0.15) is 13.1 Å². The Labute approximate surface area is 104 Å². The van der Waals surface area contributed by atoms with Crippen LogP contribution in [0.5, 0.6) is 0 Å². The lowest BCUT2D eigenvalue weighted by Gasteiger charge is -2.29. The molecule has 0 aliphatic carbocycles. The highest BCUT2D eigenvalue weighted by Crippen LogP contribution is 2.26. The van der Waals surface area contributed by atoms with Crippen LogP contribution in [-0.2, 0) is 10.2 Å². The second-order valence-corrected chi connectivity index (χ2v) is 7.20. The molecule has 0 aromatic carbocycles. The summed E-state index contributed by atoms with van der Waals surface area (Å²) in [5.41, 5.74) is 0. The zero-order valence-corrected chi connectivity index (χ0v) is 11.4. The van der Waals surface area contributed by atoms with Crippen molar-refractivity contribution in [2.45, 2.75) is 57.7 Å². The third kappa shape index (κ3) is 3.91. The number of nitrogens with one attached hydrogen (secondary N) is 3. The van der Waals surface area contributed by atoms with Gasteiger partial charge in [0, 0.05) is 24.7 Å². The molecule has 2 aliphatic rings. The molecule has 0 spiro atoms. The van der Waals surface area contributed by atoms with Gasteiger partial charge in [0.1, 0.15) is 0 Å². The number of rotatable bonds is 5. The molecule has 17 heavy (non-hydrogen) atoms. The van der Waals surface area contributed by atoms with Crippen molar-refractivity contribution in [3.05, 3.63) is 0 Å². The quantitative estimate of drug-likeness (QED) is 0.669. The SMILES string of the molecule is CC(C)CNS(=O)(=O)NC1CC2CCC(C1)N2. The first kappa shape index (κ1) is 13.3. The minimum Gasteiger partial charge on any atom is -0.311 e. The predicted molar refractivity (Wildman–Crippen MR) is 67.9 cm³/mol. The maximum Gasteiger partial charge on any atom is 0.277 e. The standard InChI is InChI=1S/C11H23N3O2S/c1-8(2)7-12-17(15,16)14-11-5-9-3-4-10(6-11)13-9/h8-14H,3-7H2,1-2H3. The Morgan fingerprint density at radius 1 is 1.24 bits per heavy atom. The van der Waals surface area contributed by atoms with Crippen molar-refractivity contribution in [2.75, 3.05) is 6.54 Å². The fourth-order valence-electron chi connectivity index (χ4n) is 2.69. The fourth-order valence-corrected chi connectivity index (χ4v) is 3.96. The lowest BCUT2D eigenvalue weighted by Crippen LogP contribution is -2.51. The number of piperidine rings is 1. The molecular weight excluding hydrogens is 238 g/mol. The van der Waals surface area contributed by atoms with Gasteiger partial charge in [-0.05, 0) is 31.6 Å². The van der Waals surface area contributed by atoms with E-state index in [2.05, 4.69) is 14.8 Å². The Kier molecular flexibility index (Phi) is 4.07. The van der Waals surface area contributed by atoms with E-state index in [0.29, 0.717) is 24.5 Å². The maximum absolute atomic E-state index is 11.8. The van der Waals surface area contributed by atoms with Gasteiger partial charge in [-0.3, -0.25) is 0 Å². The molecule has 2 bridgehead atoms. The van der Waals surface area contributed by atoms with Crippen molar-refractivity contribution >= 4 is 10.2 Å².